The monoisotopic (exact) mass is 309 g/mol. The number of benzene rings is 2. The van der Waals surface area contributed by atoms with Crippen LogP contribution in [0.15, 0.2) is 53.6 Å². The van der Waals surface area contributed by atoms with Crippen LogP contribution in [-0.2, 0) is 16.0 Å². The first-order chi connectivity index (χ1) is 11.1. The molecule has 0 aromatic heterocycles. The van der Waals surface area contributed by atoms with Crippen LogP contribution in [-0.4, -0.2) is 29.7 Å². The van der Waals surface area contributed by atoms with Crippen LogP contribution in [0.25, 0.3) is 0 Å². The molecule has 1 aliphatic rings. The second kappa shape index (κ2) is 6.31. The number of hydrazone groups is 1. The zero-order valence-electron chi connectivity index (χ0n) is 12.3. The first-order valence-electron chi connectivity index (χ1n) is 7.13. The van der Waals surface area contributed by atoms with Gasteiger partial charge in [-0.3, -0.25) is 9.59 Å². The van der Waals surface area contributed by atoms with Crippen molar-refractivity contribution in [3.63, 3.8) is 0 Å². The molecule has 1 heterocycles. The van der Waals surface area contributed by atoms with Gasteiger partial charge in [0.05, 0.1) is 12.6 Å². The van der Waals surface area contributed by atoms with Crippen LogP contribution >= 0.6 is 0 Å². The first-order valence-corrected chi connectivity index (χ1v) is 7.13. The Balaban J connectivity index is 1.62. The maximum atomic E-state index is 12.0. The van der Waals surface area contributed by atoms with Gasteiger partial charge in [-0.1, -0.05) is 30.3 Å². The molecule has 0 atom stereocenters. The lowest BCUT2D eigenvalue weighted by Gasteiger charge is -2.15. The van der Waals surface area contributed by atoms with E-state index in [0.717, 1.165) is 11.3 Å². The van der Waals surface area contributed by atoms with Gasteiger partial charge >= 0.3 is 0 Å². The number of hydrogen-bond acceptors (Lipinski definition) is 4. The Morgan fingerprint density at radius 3 is 2.78 bits per heavy atom. The Hall–Kier alpha value is -3.15. The Morgan fingerprint density at radius 1 is 1.22 bits per heavy atom. The van der Waals surface area contributed by atoms with Crippen molar-refractivity contribution >= 4 is 23.7 Å². The molecule has 3 rings (SSSR count). The highest BCUT2D eigenvalue weighted by Crippen LogP contribution is 2.27. The molecule has 0 radical (unpaired) electrons. The van der Waals surface area contributed by atoms with Gasteiger partial charge in [0.1, 0.15) is 12.3 Å². The van der Waals surface area contributed by atoms with Gasteiger partial charge in [-0.15, -0.1) is 0 Å². The summed E-state index contributed by atoms with van der Waals surface area (Å²) in [5, 5.41) is 13.4. The lowest BCUT2D eigenvalue weighted by Crippen LogP contribution is -2.37. The van der Waals surface area contributed by atoms with Gasteiger partial charge in [0.2, 0.25) is 5.91 Å². The molecule has 0 fully saturated rings. The van der Waals surface area contributed by atoms with E-state index in [2.05, 4.69) is 10.5 Å². The number of nitrogens with zero attached hydrogens (tertiary/aromatic N) is 2. The zero-order chi connectivity index (χ0) is 16.2. The van der Waals surface area contributed by atoms with Crippen molar-refractivity contribution in [2.75, 3.05) is 11.4 Å². The summed E-state index contributed by atoms with van der Waals surface area (Å²) >= 11 is 0. The quantitative estimate of drug-likeness (QED) is 0.662. The third-order valence-electron chi connectivity index (χ3n) is 3.56. The maximum absolute atomic E-state index is 12.0. The Morgan fingerprint density at radius 2 is 1.96 bits per heavy atom. The van der Waals surface area contributed by atoms with Crippen molar-refractivity contribution in [1.29, 1.82) is 0 Å². The topological polar surface area (TPSA) is 82.0 Å². The third-order valence-corrected chi connectivity index (χ3v) is 3.56. The molecule has 2 N–H and O–H groups in total. The highest BCUT2D eigenvalue weighted by molar-refractivity contribution is 6.05. The number of rotatable bonds is 4. The van der Waals surface area contributed by atoms with Crippen LogP contribution in [0.5, 0.6) is 5.75 Å². The van der Waals surface area contributed by atoms with E-state index in [0.29, 0.717) is 12.0 Å². The molecule has 0 aliphatic carbocycles. The largest absolute Gasteiger partial charge is 0.507 e. The third kappa shape index (κ3) is 3.21. The SMILES string of the molecule is O=C(CN1C(=O)Cc2ccccc21)N/N=C/c1ccccc1O. The van der Waals surface area contributed by atoms with Gasteiger partial charge in [-0.05, 0) is 23.8 Å². The second-order valence-corrected chi connectivity index (χ2v) is 5.14. The molecule has 0 saturated carbocycles. The minimum atomic E-state index is -0.401. The molecule has 6 nitrogen and oxygen atoms in total. The molecule has 116 valence electrons. The van der Waals surface area contributed by atoms with Gasteiger partial charge in [0, 0.05) is 11.3 Å². The Kier molecular flexibility index (Phi) is 4.05. The summed E-state index contributed by atoms with van der Waals surface area (Å²) in [7, 11) is 0. The van der Waals surface area contributed by atoms with Gasteiger partial charge in [-0.2, -0.15) is 5.10 Å². The molecule has 0 spiro atoms. The van der Waals surface area contributed by atoms with E-state index >= 15 is 0 Å². The van der Waals surface area contributed by atoms with E-state index in [1.807, 2.05) is 24.3 Å². The fourth-order valence-corrected chi connectivity index (χ4v) is 2.44. The summed E-state index contributed by atoms with van der Waals surface area (Å²) in [4.78, 5) is 25.4. The van der Waals surface area contributed by atoms with Crippen molar-refractivity contribution in [1.82, 2.24) is 5.43 Å². The molecule has 0 bridgehead atoms. The molecule has 2 aromatic carbocycles. The highest BCUT2D eigenvalue weighted by Gasteiger charge is 2.28. The standard InChI is InChI=1S/C17H15N3O3/c21-15-8-4-2-6-13(15)10-18-19-16(22)11-20-14-7-3-1-5-12(14)9-17(20)23/h1-8,10,21H,9,11H2,(H,19,22)/b18-10+. The molecule has 0 saturated heterocycles. The van der Waals surface area contributed by atoms with E-state index in [1.165, 1.54) is 17.2 Å². The van der Waals surface area contributed by atoms with Crippen LogP contribution in [0.1, 0.15) is 11.1 Å². The second-order valence-electron chi connectivity index (χ2n) is 5.14. The normalized spacial score (nSPS) is 13.4. The molecule has 2 amide bonds. The van der Waals surface area contributed by atoms with Crippen molar-refractivity contribution in [3.8, 4) is 5.75 Å². The highest BCUT2D eigenvalue weighted by atomic mass is 16.3. The van der Waals surface area contributed by atoms with Crippen molar-refractivity contribution in [2.24, 2.45) is 5.10 Å². The van der Waals surface area contributed by atoms with Gasteiger partial charge < -0.3 is 10.0 Å². The number of para-hydroxylation sites is 2. The number of aromatic hydroxyl groups is 1. The Bertz CT molecular complexity index is 786. The van der Waals surface area contributed by atoms with Crippen LogP contribution in [0.2, 0.25) is 0 Å². The average Bonchev–Trinajstić information content (AvgIpc) is 2.85. The number of nitrogens with one attached hydrogen (secondary N) is 1. The predicted molar refractivity (Wildman–Crippen MR) is 86.3 cm³/mol. The van der Waals surface area contributed by atoms with Crippen molar-refractivity contribution < 1.29 is 14.7 Å². The fourth-order valence-electron chi connectivity index (χ4n) is 2.44. The molecule has 23 heavy (non-hydrogen) atoms. The van der Waals surface area contributed by atoms with Crippen LogP contribution < -0.4 is 10.3 Å². The van der Waals surface area contributed by atoms with Crippen LogP contribution in [0.4, 0.5) is 5.69 Å². The molecule has 6 heteroatoms. The number of phenolic OH excluding ortho intramolecular Hbond substituents is 1. The number of fused-ring (bicyclic) bond motifs is 1. The van der Waals surface area contributed by atoms with Gasteiger partial charge in [0.15, 0.2) is 0 Å². The number of amides is 2. The van der Waals surface area contributed by atoms with E-state index in [4.69, 9.17) is 0 Å². The smallest absolute Gasteiger partial charge is 0.260 e. The Labute approximate surface area is 133 Å². The number of phenols is 1. The number of carbonyl (C=O) groups excluding carboxylic acids is 2. The number of hydrogen-bond donors (Lipinski definition) is 2. The zero-order valence-corrected chi connectivity index (χ0v) is 12.3. The maximum Gasteiger partial charge on any atom is 0.260 e. The summed E-state index contributed by atoms with van der Waals surface area (Å²) in [6, 6.07) is 14.0. The van der Waals surface area contributed by atoms with Crippen LogP contribution in [0, 0.1) is 0 Å². The number of anilines is 1. The molecule has 0 unspecified atom stereocenters. The lowest BCUT2D eigenvalue weighted by molar-refractivity contribution is -0.123. The molecular weight excluding hydrogens is 294 g/mol. The lowest BCUT2D eigenvalue weighted by atomic mass is 10.2. The molecule has 2 aromatic rings. The minimum Gasteiger partial charge on any atom is -0.507 e. The summed E-state index contributed by atoms with van der Waals surface area (Å²) in [5.74, 6) is -0.429. The predicted octanol–water partition coefficient (Wildman–Crippen LogP) is 1.43. The minimum absolute atomic E-state index is 0.0779. The summed E-state index contributed by atoms with van der Waals surface area (Å²) in [5.41, 5.74) is 4.54. The molecular formula is C17H15N3O3. The number of carbonyl (C=O) groups is 2. The van der Waals surface area contributed by atoms with E-state index in [1.54, 1.807) is 18.2 Å². The average molecular weight is 309 g/mol. The van der Waals surface area contributed by atoms with Gasteiger partial charge in [-0.25, -0.2) is 5.43 Å². The fraction of sp³-hybridized carbons (Fsp3) is 0.118. The summed E-state index contributed by atoms with van der Waals surface area (Å²) in [6.45, 7) is -0.0893. The van der Waals surface area contributed by atoms with E-state index in [-0.39, 0.29) is 18.2 Å². The van der Waals surface area contributed by atoms with E-state index in [9.17, 15) is 14.7 Å². The van der Waals surface area contributed by atoms with Crippen molar-refractivity contribution in [2.45, 2.75) is 6.42 Å². The summed E-state index contributed by atoms with van der Waals surface area (Å²) < 4.78 is 0. The van der Waals surface area contributed by atoms with Crippen molar-refractivity contribution in [3.05, 3.63) is 59.7 Å². The van der Waals surface area contributed by atoms with Gasteiger partial charge in [0.25, 0.3) is 5.91 Å². The van der Waals surface area contributed by atoms with Crippen LogP contribution in [0.3, 0.4) is 0 Å². The molecule has 1 aliphatic heterocycles. The summed E-state index contributed by atoms with van der Waals surface area (Å²) in [6.07, 6.45) is 1.66. The van der Waals surface area contributed by atoms with E-state index < -0.39 is 5.91 Å². The first kappa shape index (κ1) is 14.8.